The van der Waals surface area contributed by atoms with Crippen LogP contribution in [0.4, 0.5) is 10.2 Å². The van der Waals surface area contributed by atoms with Gasteiger partial charge in [-0.05, 0) is 93.8 Å². The predicted molar refractivity (Wildman–Crippen MR) is 235 cm³/mol. The fourth-order valence-corrected chi connectivity index (χ4v) is 9.46. The lowest BCUT2D eigenvalue weighted by molar-refractivity contribution is -0.0958. The van der Waals surface area contributed by atoms with Gasteiger partial charge in [-0.15, -0.1) is 0 Å². The van der Waals surface area contributed by atoms with E-state index in [4.69, 9.17) is 28.0 Å². The Bertz CT molecular complexity index is 2270. The summed E-state index contributed by atoms with van der Waals surface area (Å²) in [4.78, 5) is 30.8. The molecule has 62 heavy (non-hydrogen) atoms. The fraction of sp³-hybridized carbons (Fsp3) is 0.362. The molecule has 326 valence electrons. The molecule has 13 nitrogen and oxygen atoms in total. The van der Waals surface area contributed by atoms with Crippen molar-refractivity contribution in [2.45, 2.75) is 82.8 Å². The summed E-state index contributed by atoms with van der Waals surface area (Å²) in [5, 5.41) is 12.0. The van der Waals surface area contributed by atoms with Gasteiger partial charge in [-0.3, -0.25) is 9.36 Å². The summed E-state index contributed by atoms with van der Waals surface area (Å²) in [6, 6.07) is 36.5. The SMILES string of the molecule is COc1ccc(C(OC[C@H]2O[C@@H](n3ccc(NC(=O)c4ccccc4)nc3=O)[C@@](C)(F)[C@@H]2OP(OCCC#N)N(C(C)C)C(C)C)(c2ccccc2)c2ccc(OC)cc2)cc1. The lowest BCUT2D eigenvalue weighted by Crippen LogP contribution is -2.46. The van der Waals surface area contributed by atoms with E-state index in [1.807, 2.05) is 111 Å². The van der Waals surface area contributed by atoms with Crippen molar-refractivity contribution in [3.05, 3.63) is 154 Å². The number of nitrogens with zero attached hydrogens (tertiary/aromatic N) is 4. The van der Waals surface area contributed by atoms with Gasteiger partial charge >= 0.3 is 5.69 Å². The first-order valence-electron chi connectivity index (χ1n) is 20.4. The molecule has 0 saturated carbocycles. The second kappa shape index (κ2) is 20.6. The molecule has 0 aliphatic carbocycles. The number of halogens is 1. The first-order valence-corrected chi connectivity index (χ1v) is 21.5. The summed E-state index contributed by atoms with van der Waals surface area (Å²) in [7, 11) is 1.19. The van der Waals surface area contributed by atoms with Gasteiger partial charge in [0.05, 0.1) is 39.9 Å². The number of anilines is 1. The van der Waals surface area contributed by atoms with E-state index < -0.39 is 49.8 Å². The Kier molecular flexibility index (Phi) is 15.3. The number of nitrogens with one attached hydrogen (secondary N) is 1. The molecule has 1 aromatic heterocycles. The molecule has 1 N–H and O–H groups in total. The Morgan fingerprint density at radius 3 is 1.97 bits per heavy atom. The molecule has 2 heterocycles. The van der Waals surface area contributed by atoms with Crippen LogP contribution in [0.5, 0.6) is 11.5 Å². The van der Waals surface area contributed by atoms with Crippen molar-refractivity contribution in [3.63, 3.8) is 0 Å². The van der Waals surface area contributed by atoms with Gasteiger partial charge in [-0.1, -0.05) is 72.8 Å². The van der Waals surface area contributed by atoms with Crippen LogP contribution in [0.15, 0.2) is 126 Å². The second-order valence-corrected chi connectivity index (χ2v) is 16.8. The minimum Gasteiger partial charge on any atom is -0.497 e. The molecule has 1 aliphatic rings. The number of benzene rings is 4. The summed E-state index contributed by atoms with van der Waals surface area (Å²) in [6.07, 6.45) is -2.67. The van der Waals surface area contributed by atoms with E-state index in [0.29, 0.717) is 17.1 Å². The zero-order valence-electron chi connectivity index (χ0n) is 35.9. The maximum atomic E-state index is 18.1. The maximum Gasteiger partial charge on any atom is 0.351 e. The van der Waals surface area contributed by atoms with Crippen LogP contribution in [0.1, 0.15) is 74.3 Å². The third kappa shape index (κ3) is 10.1. The molecule has 15 heteroatoms. The number of amides is 1. The quantitative estimate of drug-likeness (QED) is 0.0483. The summed E-state index contributed by atoms with van der Waals surface area (Å²) >= 11 is 0. The average Bonchev–Trinajstić information content (AvgIpc) is 3.52. The summed E-state index contributed by atoms with van der Waals surface area (Å²) in [5.74, 6) is 0.803. The van der Waals surface area contributed by atoms with Gasteiger partial charge in [0.2, 0.25) is 0 Å². The minimum atomic E-state index is -2.40. The summed E-state index contributed by atoms with van der Waals surface area (Å²) in [6.45, 7) is 9.05. The number of nitriles is 1. The van der Waals surface area contributed by atoms with E-state index in [0.717, 1.165) is 21.3 Å². The number of alkyl halides is 1. The zero-order valence-corrected chi connectivity index (χ0v) is 36.8. The molecule has 1 amide bonds. The molecule has 1 saturated heterocycles. The number of ether oxygens (including phenoxy) is 4. The van der Waals surface area contributed by atoms with Crippen LogP contribution in [-0.4, -0.2) is 77.5 Å². The molecule has 0 radical (unpaired) electrons. The second-order valence-electron chi connectivity index (χ2n) is 15.4. The van der Waals surface area contributed by atoms with Crippen LogP contribution >= 0.6 is 8.53 Å². The van der Waals surface area contributed by atoms with E-state index in [-0.39, 0.29) is 37.5 Å². The van der Waals surface area contributed by atoms with Crippen LogP contribution < -0.4 is 20.5 Å². The van der Waals surface area contributed by atoms with E-state index >= 15 is 4.39 Å². The third-order valence-corrected chi connectivity index (χ3v) is 12.7. The van der Waals surface area contributed by atoms with Gasteiger partial charge in [0.1, 0.15) is 35.1 Å². The molecule has 0 spiro atoms. The molecule has 0 bridgehead atoms. The number of carbonyl (C=O) groups excluding carboxylic acids is 1. The third-order valence-electron chi connectivity index (χ3n) is 10.5. The predicted octanol–water partition coefficient (Wildman–Crippen LogP) is 8.81. The van der Waals surface area contributed by atoms with Gasteiger partial charge in [0.15, 0.2) is 11.9 Å². The number of carbonyl (C=O) groups is 1. The topological polar surface area (TPSA) is 146 Å². The Morgan fingerprint density at radius 2 is 1.45 bits per heavy atom. The molecular formula is C47H53FN5O8P. The average molecular weight is 866 g/mol. The Morgan fingerprint density at radius 1 is 0.903 bits per heavy atom. The van der Waals surface area contributed by atoms with Crippen molar-refractivity contribution in [1.29, 1.82) is 5.26 Å². The smallest absolute Gasteiger partial charge is 0.351 e. The van der Waals surface area contributed by atoms with Gasteiger partial charge in [0.25, 0.3) is 14.4 Å². The molecular weight excluding hydrogens is 813 g/mol. The molecule has 1 aliphatic heterocycles. The van der Waals surface area contributed by atoms with E-state index in [1.54, 1.807) is 44.6 Å². The fourth-order valence-electron chi connectivity index (χ4n) is 7.62. The minimum absolute atomic E-state index is 0.0168. The highest BCUT2D eigenvalue weighted by Crippen LogP contribution is 2.54. The molecule has 1 unspecified atom stereocenters. The van der Waals surface area contributed by atoms with Gasteiger partial charge < -0.3 is 33.3 Å². The highest BCUT2D eigenvalue weighted by atomic mass is 31.2. The molecule has 4 aromatic carbocycles. The zero-order chi connectivity index (χ0) is 44.4. The Balaban J connectivity index is 1.44. The highest BCUT2D eigenvalue weighted by Gasteiger charge is 2.59. The van der Waals surface area contributed by atoms with Crippen molar-refractivity contribution in [3.8, 4) is 17.6 Å². The normalized spacial score (nSPS) is 19.4. The maximum absolute atomic E-state index is 18.1. The Labute approximate surface area is 363 Å². The number of methoxy groups -OCH3 is 2. The van der Waals surface area contributed by atoms with Crippen LogP contribution in [0.3, 0.4) is 0 Å². The summed E-state index contributed by atoms with van der Waals surface area (Å²) < 4.78 is 59.0. The molecule has 6 rings (SSSR count). The summed E-state index contributed by atoms with van der Waals surface area (Å²) in [5.41, 5.74) is -1.94. The number of rotatable bonds is 19. The molecule has 1 fully saturated rings. The molecule has 5 aromatic rings. The lowest BCUT2D eigenvalue weighted by atomic mass is 9.80. The van der Waals surface area contributed by atoms with E-state index in [2.05, 4.69) is 16.4 Å². The largest absolute Gasteiger partial charge is 0.497 e. The van der Waals surface area contributed by atoms with Crippen LogP contribution in [0, 0.1) is 11.3 Å². The number of hydrogen-bond donors (Lipinski definition) is 1. The van der Waals surface area contributed by atoms with Gasteiger partial charge in [-0.2, -0.15) is 10.2 Å². The van der Waals surface area contributed by atoms with Gasteiger partial charge in [-0.25, -0.2) is 13.9 Å². The van der Waals surface area contributed by atoms with Gasteiger partial charge in [0, 0.05) is 23.8 Å². The van der Waals surface area contributed by atoms with Crippen molar-refractivity contribution in [2.24, 2.45) is 0 Å². The lowest BCUT2D eigenvalue weighted by Gasteiger charge is -2.40. The Hall–Kier alpha value is -5.52. The first-order chi connectivity index (χ1) is 29.8. The van der Waals surface area contributed by atoms with Crippen molar-refractivity contribution in [1.82, 2.24) is 14.2 Å². The monoisotopic (exact) mass is 865 g/mol. The van der Waals surface area contributed by atoms with Crippen LogP contribution in [0.25, 0.3) is 0 Å². The first kappa shape index (κ1) is 46.0. The van der Waals surface area contributed by atoms with Crippen molar-refractivity contribution < 1.29 is 37.2 Å². The van der Waals surface area contributed by atoms with E-state index in [1.165, 1.54) is 19.2 Å². The van der Waals surface area contributed by atoms with E-state index in [9.17, 15) is 14.9 Å². The van der Waals surface area contributed by atoms with Crippen molar-refractivity contribution >= 4 is 20.3 Å². The highest BCUT2D eigenvalue weighted by molar-refractivity contribution is 7.44. The number of aromatic nitrogens is 2. The van der Waals surface area contributed by atoms with Crippen LogP contribution in [0.2, 0.25) is 0 Å². The van der Waals surface area contributed by atoms with Crippen molar-refractivity contribution in [2.75, 3.05) is 32.8 Å². The standard InChI is InChI=1S/C47H53FN5O8P/c1-32(2)53(33(3)4)62(59-30-14-28-49)61-42-40(60-44(46(42,5)48)52-29-27-41(51-45(52)55)50-43(54)34-15-10-8-11-16-34)31-58-47(35-17-12-9-13-18-35,36-19-23-38(56-6)24-20-36)37-21-25-39(57-7)26-22-37/h8-13,15-27,29,32-33,40,42,44H,14,30-31H2,1-7H3,(H,50,51,54,55)/t40-,42-,44-,46+,62?/m1/s1. The van der Waals surface area contributed by atoms with Crippen LogP contribution in [-0.2, 0) is 24.1 Å². The number of hydrogen-bond acceptors (Lipinski definition) is 11. The molecule has 5 atom stereocenters.